The van der Waals surface area contributed by atoms with Gasteiger partial charge in [-0.3, -0.25) is 0 Å². The number of ether oxygens (including phenoxy) is 3. The molecule has 5 rings (SSSR count). The molecule has 0 aliphatic carbocycles. The molecule has 0 N–H and O–H groups in total. The Morgan fingerprint density at radius 3 is 2.65 bits per heavy atom. The van der Waals surface area contributed by atoms with Crippen molar-refractivity contribution in [3.63, 3.8) is 0 Å². The van der Waals surface area contributed by atoms with Gasteiger partial charge in [0.2, 0.25) is 0 Å². The van der Waals surface area contributed by atoms with Crippen molar-refractivity contribution in [1.29, 1.82) is 0 Å². The number of rotatable bonds is 3. The van der Waals surface area contributed by atoms with Gasteiger partial charge in [0.05, 0.1) is 13.2 Å². The molecule has 2 atom stereocenters. The Hall–Kier alpha value is -2.36. The van der Waals surface area contributed by atoms with Crippen LogP contribution in [0.2, 0.25) is 0 Å². The molecule has 0 radical (unpaired) electrons. The van der Waals surface area contributed by atoms with Gasteiger partial charge < -0.3 is 14.2 Å². The summed E-state index contributed by atoms with van der Waals surface area (Å²) in [6, 6.07) is 20.6. The van der Waals surface area contributed by atoms with E-state index in [0.29, 0.717) is 6.61 Å². The molecule has 3 aromatic carbocycles. The second-order valence-electron chi connectivity index (χ2n) is 6.01. The highest BCUT2D eigenvalue weighted by Crippen LogP contribution is 2.47. The first-order valence-corrected chi connectivity index (χ1v) is 7.92. The van der Waals surface area contributed by atoms with Gasteiger partial charge in [-0.1, -0.05) is 48.5 Å². The van der Waals surface area contributed by atoms with Crippen LogP contribution >= 0.6 is 0 Å². The average molecular weight is 304 g/mol. The first-order valence-electron chi connectivity index (χ1n) is 7.92. The lowest BCUT2D eigenvalue weighted by molar-refractivity contribution is 0.0621. The number of hydrogen-bond donors (Lipinski definition) is 0. The molecule has 2 aliphatic heterocycles. The van der Waals surface area contributed by atoms with E-state index >= 15 is 0 Å². The molecule has 0 bridgehead atoms. The van der Waals surface area contributed by atoms with Crippen molar-refractivity contribution >= 4 is 10.8 Å². The Labute approximate surface area is 134 Å². The molecular weight excluding hydrogens is 288 g/mol. The molecule has 0 spiro atoms. The highest BCUT2D eigenvalue weighted by Gasteiger charge is 2.32. The van der Waals surface area contributed by atoms with Crippen molar-refractivity contribution in [2.45, 2.75) is 12.2 Å². The summed E-state index contributed by atoms with van der Waals surface area (Å²) in [5, 5.41) is 2.38. The van der Waals surface area contributed by atoms with Gasteiger partial charge in [-0.05, 0) is 22.9 Å². The first-order chi connectivity index (χ1) is 11.4. The Balaban J connectivity index is 1.69. The van der Waals surface area contributed by atoms with E-state index in [0.717, 1.165) is 29.2 Å². The molecule has 1 saturated heterocycles. The zero-order valence-corrected chi connectivity index (χ0v) is 12.6. The minimum Gasteiger partial charge on any atom is -0.457 e. The van der Waals surface area contributed by atoms with Crippen molar-refractivity contribution in [1.82, 2.24) is 0 Å². The molecule has 2 unspecified atom stereocenters. The molecule has 1 fully saturated rings. The maximum Gasteiger partial charge on any atom is 0.134 e. The molecule has 3 nitrogen and oxygen atoms in total. The van der Waals surface area contributed by atoms with Gasteiger partial charge in [0.1, 0.15) is 23.7 Å². The molecule has 23 heavy (non-hydrogen) atoms. The monoisotopic (exact) mass is 304 g/mol. The molecule has 0 amide bonds. The molecule has 0 saturated carbocycles. The molecule has 2 heterocycles. The Kier molecular flexibility index (Phi) is 2.90. The van der Waals surface area contributed by atoms with Crippen LogP contribution in [-0.4, -0.2) is 19.3 Å². The quantitative estimate of drug-likeness (QED) is 0.670. The van der Waals surface area contributed by atoms with Gasteiger partial charge in [0, 0.05) is 11.1 Å². The SMILES string of the molecule is c1ccc2c(c1)Oc1ccc3ccccc3c1C2OCC1CO1. The lowest BCUT2D eigenvalue weighted by atomic mass is 9.92. The summed E-state index contributed by atoms with van der Waals surface area (Å²) in [5.41, 5.74) is 2.19. The maximum atomic E-state index is 6.26. The van der Waals surface area contributed by atoms with E-state index in [4.69, 9.17) is 14.2 Å². The smallest absolute Gasteiger partial charge is 0.134 e. The Morgan fingerprint density at radius 1 is 0.913 bits per heavy atom. The molecule has 3 aromatic rings. The third-order valence-electron chi connectivity index (χ3n) is 4.47. The van der Waals surface area contributed by atoms with Crippen molar-refractivity contribution in [2.24, 2.45) is 0 Å². The van der Waals surface area contributed by atoms with E-state index in [2.05, 4.69) is 36.4 Å². The second kappa shape index (κ2) is 5.08. The third kappa shape index (κ3) is 2.21. The molecule has 3 heteroatoms. The third-order valence-corrected chi connectivity index (χ3v) is 4.47. The normalized spacial score (nSPS) is 21.4. The van der Waals surface area contributed by atoms with Crippen LogP contribution in [0.3, 0.4) is 0 Å². The van der Waals surface area contributed by atoms with Crippen LogP contribution in [0.15, 0.2) is 60.7 Å². The molecule has 0 aromatic heterocycles. The standard InChI is InChI=1S/C20H16O3/c1-2-6-15-13(5-1)9-10-18-19(15)20(22-12-14-11-21-14)16-7-3-4-8-17(16)23-18/h1-10,14,20H,11-12H2. The number of benzene rings is 3. The van der Waals surface area contributed by atoms with Crippen LogP contribution in [0.4, 0.5) is 0 Å². The predicted molar refractivity (Wildman–Crippen MR) is 88.0 cm³/mol. The predicted octanol–water partition coefficient (Wildman–Crippen LogP) is 4.45. The summed E-state index contributed by atoms with van der Waals surface area (Å²) < 4.78 is 17.7. The van der Waals surface area contributed by atoms with Gasteiger partial charge in [-0.25, -0.2) is 0 Å². The number of epoxide rings is 1. The lowest BCUT2D eigenvalue weighted by Crippen LogP contribution is -2.16. The van der Waals surface area contributed by atoms with Crippen LogP contribution in [-0.2, 0) is 9.47 Å². The average Bonchev–Trinajstić information content (AvgIpc) is 3.43. The zero-order valence-electron chi connectivity index (χ0n) is 12.6. The van der Waals surface area contributed by atoms with E-state index < -0.39 is 0 Å². The van der Waals surface area contributed by atoms with Gasteiger partial charge in [-0.15, -0.1) is 0 Å². The number of fused-ring (bicyclic) bond motifs is 4. The van der Waals surface area contributed by atoms with Crippen LogP contribution in [0.1, 0.15) is 17.2 Å². The molecular formula is C20H16O3. The van der Waals surface area contributed by atoms with Crippen molar-refractivity contribution in [3.05, 3.63) is 71.8 Å². The van der Waals surface area contributed by atoms with E-state index in [1.54, 1.807) is 0 Å². The highest BCUT2D eigenvalue weighted by atomic mass is 16.6. The van der Waals surface area contributed by atoms with Crippen molar-refractivity contribution < 1.29 is 14.2 Å². The van der Waals surface area contributed by atoms with Crippen LogP contribution in [0, 0.1) is 0 Å². The lowest BCUT2D eigenvalue weighted by Gasteiger charge is -2.29. The van der Waals surface area contributed by atoms with Gasteiger partial charge >= 0.3 is 0 Å². The summed E-state index contributed by atoms with van der Waals surface area (Å²) >= 11 is 0. The van der Waals surface area contributed by atoms with Crippen LogP contribution in [0.5, 0.6) is 11.5 Å². The summed E-state index contributed by atoms with van der Waals surface area (Å²) in [7, 11) is 0. The van der Waals surface area contributed by atoms with E-state index in [9.17, 15) is 0 Å². The molecule has 114 valence electrons. The summed E-state index contributed by atoms with van der Waals surface area (Å²) in [6.07, 6.45) is 0.119. The summed E-state index contributed by atoms with van der Waals surface area (Å²) in [6.45, 7) is 1.41. The van der Waals surface area contributed by atoms with E-state index in [1.165, 1.54) is 10.8 Å². The Morgan fingerprint density at radius 2 is 1.74 bits per heavy atom. The zero-order chi connectivity index (χ0) is 15.2. The topological polar surface area (TPSA) is 31.0 Å². The summed E-state index contributed by atoms with van der Waals surface area (Å²) in [5.74, 6) is 1.75. The minimum absolute atomic E-state index is 0.120. The van der Waals surface area contributed by atoms with Gasteiger partial charge in [0.25, 0.3) is 0 Å². The first kappa shape index (κ1) is 13.1. The van der Waals surface area contributed by atoms with Gasteiger partial charge in [0.15, 0.2) is 0 Å². The number of para-hydroxylation sites is 1. The van der Waals surface area contributed by atoms with Crippen molar-refractivity contribution in [3.8, 4) is 11.5 Å². The summed E-state index contributed by atoms with van der Waals surface area (Å²) in [4.78, 5) is 0. The number of hydrogen-bond acceptors (Lipinski definition) is 3. The fourth-order valence-electron chi connectivity index (χ4n) is 3.24. The van der Waals surface area contributed by atoms with E-state index in [-0.39, 0.29) is 12.2 Å². The fraction of sp³-hybridized carbons (Fsp3) is 0.200. The molecule has 2 aliphatic rings. The fourth-order valence-corrected chi connectivity index (χ4v) is 3.24. The largest absolute Gasteiger partial charge is 0.457 e. The van der Waals surface area contributed by atoms with Crippen LogP contribution in [0.25, 0.3) is 10.8 Å². The maximum absolute atomic E-state index is 6.26. The Bertz CT molecular complexity index is 883. The van der Waals surface area contributed by atoms with Gasteiger partial charge in [-0.2, -0.15) is 0 Å². The van der Waals surface area contributed by atoms with Crippen molar-refractivity contribution in [2.75, 3.05) is 13.2 Å². The minimum atomic E-state index is -0.120. The van der Waals surface area contributed by atoms with E-state index in [1.807, 2.05) is 24.3 Å². The highest BCUT2D eigenvalue weighted by molar-refractivity contribution is 5.89. The second-order valence-corrected chi connectivity index (χ2v) is 6.01. The van der Waals surface area contributed by atoms with Crippen LogP contribution < -0.4 is 4.74 Å².